The van der Waals surface area contributed by atoms with Crippen molar-refractivity contribution in [3.05, 3.63) is 141 Å². The molecule has 2 aliphatic carbocycles. The molecule has 4 aromatic rings. The summed E-state index contributed by atoms with van der Waals surface area (Å²) in [6.45, 7) is 4.57. The van der Waals surface area contributed by atoms with Gasteiger partial charge in [0.05, 0.1) is 0 Å². The summed E-state index contributed by atoms with van der Waals surface area (Å²) in [7, 11) is 0. The quantitative estimate of drug-likeness (QED) is 0.223. The maximum absolute atomic E-state index is 7.48. The van der Waals surface area contributed by atoms with Gasteiger partial charge in [-0.25, -0.2) is 0 Å². The fraction of sp³-hybridized carbons (Fsp3) is 0.176. The van der Waals surface area contributed by atoms with E-state index < -0.39 is 21.1 Å². The van der Waals surface area contributed by atoms with E-state index in [1.165, 1.54) is 44.5 Å². The Morgan fingerprint density at radius 2 is 0.949 bits per heavy atom. The summed E-state index contributed by atoms with van der Waals surface area (Å²) in [5, 5.41) is 1.38. The fourth-order valence-electron chi connectivity index (χ4n) is 6.98. The Labute approximate surface area is 245 Å². The van der Waals surface area contributed by atoms with E-state index in [1.807, 2.05) is 48.5 Å². The molecule has 0 spiro atoms. The van der Waals surface area contributed by atoms with E-state index in [0.29, 0.717) is 10.0 Å². The first kappa shape index (κ1) is 25.4. The summed E-state index contributed by atoms with van der Waals surface area (Å²) in [5.74, 6) is 1.63. The van der Waals surface area contributed by atoms with Crippen molar-refractivity contribution in [2.45, 2.75) is 33.9 Å². The molecule has 2 atom stereocenters. The van der Waals surface area contributed by atoms with Crippen LogP contribution in [0.3, 0.4) is 0 Å². The summed E-state index contributed by atoms with van der Waals surface area (Å²) < 4.78 is 15.2. The third kappa shape index (κ3) is 4.08. The standard InChI is InChI=1S/C22H20.2C6H5ClO.Zr/c1-15-17(13-19-7-3-5-9-21(15)19)11-12-18-14-20-8-4-6-10-22(20)16(18)2;2*7-5-1-3-6(8)4-2-5;/h3-10,13-14H,11-12H2,1-2H3;2*1-4,8H;/q;;;+2/p-2. The van der Waals surface area contributed by atoms with Gasteiger partial charge in [-0.15, -0.1) is 0 Å². The van der Waals surface area contributed by atoms with Crippen molar-refractivity contribution in [3.8, 4) is 11.5 Å². The second-order valence-corrected chi connectivity index (χ2v) is 18.9. The molecule has 0 N–H and O–H groups in total. The molecule has 194 valence electrons. The van der Waals surface area contributed by atoms with E-state index in [0.717, 1.165) is 24.3 Å². The normalized spacial score (nSPS) is 20.6. The van der Waals surface area contributed by atoms with Gasteiger partial charge in [-0.05, 0) is 0 Å². The Balaban J connectivity index is 1.54. The fourth-order valence-corrected chi connectivity index (χ4v) is 19.3. The molecule has 0 radical (unpaired) electrons. The van der Waals surface area contributed by atoms with Crippen molar-refractivity contribution in [1.29, 1.82) is 0 Å². The van der Waals surface area contributed by atoms with Crippen LogP contribution in [-0.2, 0) is 21.1 Å². The number of hydrogen-bond donors (Lipinski definition) is 0. The summed E-state index contributed by atoms with van der Waals surface area (Å²) in [4.78, 5) is 0. The molecule has 1 aliphatic heterocycles. The molecule has 0 aromatic heterocycles. The Morgan fingerprint density at radius 1 is 0.564 bits per heavy atom. The Hall–Kier alpha value is -2.58. The summed E-state index contributed by atoms with van der Waals surface area (Å²) >= 11 is 8.20. The number of hydrogen-bond acceptors (Lipinski definition) is 2. The molecule has 2 unspecified atom stereocenters. The topological polar surface area (TPSA) is 18.5 Å². The minimum absolute atomic E-state index is 0.100. The predicted octanol–water partition coefficient (Wildman–Crippen LogP) is 10.3. The predicted molar refractivity (Wildman–Crippen MR) is 157 cm³/mol. The zero-order chi connectivity index (χ0) is 26.7. The Bertz CT molecular complexity index is 1530. The maximum atomic E-state index is 7.48. The van der Waals surface area contributed by atoms with Gasteiger partial charge in [0.1, 0.15) is 0 Å². The van der Waals surface area contributed by atoms with Gasteiger partial charge < -0.3 is 0 Å². The molecular weight excluding hydrogens is 603 g/mol. The summed E-state index contributed by atoms with van der Waals surface area (Å²) in [5.41, 5.74) is 11.0. The minimum atomic E-state index is -4.43. The average molecular weight is 631 g/mol. The molecule has 0 bridgehead atoms. The van der Waals surface area contributed by atoms with Crippen molar-refractivity contribution in [2.75, 3.05) is 0 Å². The van der Waals surface area contributed by atoms with E-state index in [1.54, 1.807) is 0 Å². The van der Waals surface area contributed by atoms with Crippen LogP contribution in [0, 0.1) is 0 Å². The monoisotopic (exact) mass is 628 g/mol. The molecule has 3 aliphatic rings. The third-order valence-corrected chi connectivity index (χ3v) is 19.1. The molecule has 1 fully saturated rings. The number of benzene rings is 4. The molecule has 4 aromatic carbocycles. The molecule has 2 nitrogen and oxygen atoms in total. The average Bonchev–Trinajstić information content (AvgIpc) is 3.35. The molecule has 39 heavy (non-hydrogen) atoms. The van der Waals surface area contributed by atoms with Gasteiger partial charge >= 0.3 is 247 Å². The van der Waals surface area contributed by atoms with Crippen LogP contribution in [0.5, 0.6) is 11.5 Å². The zero-order valence-electron chi connectivity index (χ0n) is 21.9. The zero-order valence-corrected chi connectivity index (χ0v) is 25.8. The number of rotatable bonds is 4. The van der Waals surface area contributed by atoms with Gasteiger partial charge in [0.2, 0.25) is 0 Å². The first-order valence-corrected chi connectivity index (χ1v) is 19.0. The van der Waals surface area contributed by atoms with Crippen LogP contribution in [0.25, 0.3) is 11.1 Å². The SMILES string of the molecule is CC1=C2CCC3=C(C)c4ccccc4[CH]3[Zr]([O]c3ccc(Cl)cc3)([O]c3ccc(Cl)cc3)[CH]2c2ccccc21. The van der Waals surface area contributed by atoms with Crippen LogP contribution < -0.4 is 5.63 Å². The molecule has 5 heteroatoms. The van der Waals surface area contributed by atoms with Gasteiger partial charge in [-0.3, -0.25) is 0 Å². The van der Waals surface area contributed by atoms with Crippen LogP contribution in [0.4, 0.5) is 0 Å². The Morgan fingerprint density at radius 3 is 1.36 bits per heavy atom. The molecule has 0 saturated carbocycles. The van der Waals surface area contributed by atoms with Crippen LogP contribution in [0.1, 0.15) is 56.2 Å². The van der Waals surface area contributed by atoms with E-state index in [9.17, 15) is 0 Å². The molecule has 1 saturated heterocycles. The van der Waals surface area contributed by atoms with Crippen molar-refractivity contribution in [1.82, 2.24) is 0 Å². The van der Waals surface area contributed by atoms with Gasteiger partial charge in [0.25, 0.3) is 0 Å². The van der Waals surface area contributed by atoms with Crippen molar-refractivity contribution in [2.24, 2.45) is 0 Å². The van der Waals surface area contributed by atoms with Crippen LogP contribution in [0.15, 0.2) is 108 Å². The first-order chi connectivity index (χ1) is 19.0. The van der Waals surface area contributed by atoms with Crippen molar-refractivity contribution >= 4 is 34.3 Å². The van der Waals surface area contributed by atoms with Gasteiger partial charge in [0, 0.05) is 0 Å². The Kier molecular flexibility index (Phi) is 6.39. The van der Waals surface area contributed by atoms with Gasteiger partial charge in [0.15, 0.2) is 0 Å². The van der Waals surface area contributed by atoms with Crippen molar-refractivity contribution < 1.29 is 26.8 Å². The summed E-state index contributed by atoms with van der Waals surface area (Å²) in [6, 6.07) is 33.3. The van der Waals surface area contributed by atoms with Gasteiger partial charge in [-0.1, -0.05) is 0 Å². The van der Waals surface area contributed by atoms with E-state index in [2.05, 4.69) is 62.4 Å². The number of fused-ring (bicyclic) bond motifs is 6. The molecular formula is C34H28Cl2O2Zr. The third-order valence-electron chi connectivity index (χ3n) is 8.66. The molecule has 0 amide bonds. The van der Waals surface area contributed by atoms with Crippen molar-refractivity contribution in [3.63, 3.8) is 0 Å². The summed E-state index contributed by atoms with van der Waals surface area (Å²) in [6.07, 6.45) is 2.02. The van der Waals surface area contributed by atoms with Crippen LogP contribution >= 0.6 is 23.2 Å². The van der Waals surface area contributed by atoms with Gasteiger partial charge in [-0.2, -0.15) is 0 Å². The second kappa shape index (κ2) is 9.81. The number of halogens is 2. The van der Waals surface area contributed by atoms with Crippen LogP contribution in [-0.4, -0.2) is 0 Å². The van der Waals surface area contributed by atoms with E-state index in [4.69, 9.17) is 28.8 Å². The second-order valence-electron chi connectivity index (χ2n) is 10.7. The van der Waals surface area contributed by atoms with Crippen LogP contribution in [0.2, 0.25) is 10.0 Å². The number of allylic oxidation sites excluding steroid dienone is 4. The molecule has 1 heterocycles. The van der Waals surface area contributed by atoms with E-state index >= 15 is 0 Å². The first-order valence-electron chi connectivity index (χ1n) is 13.4. The van der Waals surface area contributed by atoms with E-state index in [-0.39, 0.29) is 7.25 Å². The molecule has 7 rings (SSSR count).